The van der Waals surface area contributed by atoms with Gasteiger partial charge in [-0.15, -0.1) is 0 Å². The molecular weight excluding hydrogens is 320 g/mol. The average Bonchev–Trinajstić information content (AvgIpc) is 2.68. The highest BCUT2D eigenvalue weighted by Crippen LogP contribution is 2.58. The molecule has 3 aliphatic carbocycles. The van der Waals surface area contributed by atoms with Crippen molar-refractivity contribution in [2.75, 3.05) is 0 Å². The van der Waals surface area contributed by atoms with Crippen LogP contribution in [-0.2, 0) is 4.79 Å². The quantitative estimate of drug-likeness (QED) is 0.477. The molecule has 6 rings (SSSR count). The Hall–Kier alpha value is -2.87. The van der Waals surface area contributed by atoms with Gasteiger partial charge >= 0.3 is 5.97 Å². The van der Waals surface area contributed by atoms with Gasteiger partial charge in [-0.25, -0.2) is 0 Å². The van der Waals surface area contributed by atoms with Gasteiger partial charge < -0.3 is 4.74 Å². The lowest BCUT2D eigenvalue weighted by atomic mass is 9.54. The van der Waals surface area contributed by atoms with E-state index >= 15 is 0 Å². The van der Waals surface area contributed by atoms with E-state index in [-0.39, 0.29) is 29.6 Å². The van der Waals surface area contributed by atoms with E-state index in [1.165, 1.54) is 22.3 Å². The lowest BCUT2D eigenvalue weighted by Crippen LogP contribution is -2.43. The second-order valence-electron chi connectivity index (χ2n) is 7.33. The van der Waals surface area contributed by atoms with E-state index < -0.39 is 0 Å². The van der Waals surface area contributed by atoms with Crippen molar-refractivity contribution < 1.29 is 9.53 Å². The summed E-state index contributed by atoms with van der Waals surface area (Å²) in [5.74, 6) is 0.862. The highest BCUT2D eigenvalue weighted by atomic mass is 16.5. The molecule has 2 heteroatoms. The largest absolute Gasteiger partial charge is 0.426 e. The predicted octanol–water partition coefficient (Wildman–Crippen LogP) is 5.14. The van der Waals surface area contributed by atoms with Crippen molar-refractivity contribution in [3.8, 4) is 5.75 Å². The molecule has 0 amide bonds. The minimum atomic E-state index is -0.162. The molecule has 3 aliphatic rings. The van der Waals surface area contributed by atoms with E-state index in [9.17, 15) is 4.79 Å². The number of hydrogen-bond donors (Lipinski definition) is 0. The molecule has 0 aromatic heterocycles. The predicted molar refractivity (Wildman–Crippen MR) is 101 cm³/mol. The third-order valence-corrected chi connectivity index (χ3v) is 6.02. The van der Waals surface area contributed by atoms with Gasteiger partial charge in [-0.1, -0.05) is 73.7 Å². The van der Waals surface area contributed by atoms with Crippen LogP contribution in [0.5, 0.6) is 5.75 Å². The first-order chi connectivity index (χ1) is 12.8. The fraction of sp³-hybridized carbons (Fsp3) is 0.208. The number of benzene rings is 3. The standard InChI is InChI=1S/C24H20O2/c1-15-21-17-11-5-7-13-19(17)23(20-14-8-6-12-18(20)21)22(15)24(25)26-16-9-3-2-4-10-16/h2-15,21-23H,1H3. The average molecular weight is 340 g/mol. The normalized spacial score (nSPS) is 25.3. The van der Waals surface area contributed by atoms with Gasteiger partial charge in [0.2, 0.25) is 0 Å². The van der Waals surface area contributed by atoms with Gasteiger partial charge in [-0.05, 0) is 40.3 Å². The minimum Gasteiger partial charge on any atom is -0.426 e. The summed E-state index contributed by atoms with van der Waals surface area (Å²) >= 11 is 0. The van der Waals surface area contributed by atoms with Gasteiger partial charge in [0.1, 0.15) is 5.75 Å². The summed E-state index contributed by atoms with van der Waals surface area (Å²) in [6.07, 6.45) is 0. The molecule has 3 aromatic rings. The van der Waals surface area contributed by atoms with Gasteiger partial charge in [-0.2, -0.15) is 0 Å². The van der Waals surface area contributed by atoms with Crippen LogP contribution in [0.25, 0.3) is 0 Å². The number of hydrogen-bond acceptors (Lipinski definition) is 2. The maximum atomic E-state index is 13.2. The Morgan fingerprint density at radius 3 is 1.69 bits per heavy atom. The fourth-order valence-corrected chi connectivity index (χ4v) is 4.98. The SMILES string of the molecule is CC1C2c3ccccc3C(c3ccccc32)C1C(=O)Oc1ccccc1. The Morgan fingerprint density at radius 2 is 1.15 bits per heavy atom. The fourth-order valence-electron chi connectivity index (χ4n) is 4.98. The molecule has 3 aromatic carbocycles. The second-order valence-corrected chi connectivity index (χ2v) is 7.33. The molecule has 0 heterocycles. The molecule has 0 fully saturated rings. The second kappa shape index (κ2) is 5.84. The van der Waals surface area contributed by atoms with Crippen molar-refractivity contribution in [1.82, 2.24) is 0 Å². The lowest BCUT2D eigenvalue weighted by molar-refractivity contribution is -0.142. The number of carbonyl (C=O) groups is 1. The molecule has 0 saturated heterocycles. The molecule has 0 N–H and O–H groups in total. The van der Waals surface area contributed by atoms with E-state index in [0.717, 1.165) is 0 Å². The summed E-state index contributed by atoms with van der Waals surface area (Å²) in [6, 6.07) is 26.5. The number of ether oxygens (including phenoxy) is 1. The molecular formula is C24H20O2. The Balaban J connectivity index is 1.61. The molecule has 128 valence electrons. The van der Waals surface area contributed by atoms with Gasteiger partial charge in [0, 0.05) is 11.8 Å². The minimum absolute atomic E-state index is 0.0682. The van der Waals surface area contributed by atoms with E-state index in [4.69, 9.17) is 4.74 Å². The topological polar surface area (TPSA) is 26.3 Å². The summed E-state index contributed by atoms with van der Waals surface area (Å²) in [7, 11) is 0. The summed E-state index contributed by atoms with van der Waals surface area (Å²) in [6.45, 7) is 2.19. The van der Waals surface area contributed by atoms with Crippen LogP contribution in [-0.4, -0.2) is 5.97 Å². The number of rotatable bonds is 2. The first kappa shape index (κ1) is 15.4. The van der Waals surface area contributed by atoms with Gasteiger partial charge in [0.05, 0.1) is 5.92 Å². The smallest absolute Gasteiger partial charge is 0.315 e. The molecule has 2 bridgehead atoms. The first-order valence-corrected chi connectivity index (χ1v) is 9.20. The van der Waals surface area contributed by atoms with Crippen LogP contribution in [0, 0.1) is 11.8 Å². The monoisotopic (exact) mass is 340 g/mol. The van der Waals surface area contributed by atoms with Crippen molar-refractivity contribution in [2.24, 2.45) is 11.8 Å². The van der Waals surface area contributed by atoms with Crippen LogP contribution in [0.3, 0.4) is 0 Å². The Bertz CT molecular complexity index is 929. The van der Waals surface area contributed by atoms with E-state index in [2.05, 4.69) is 55.5 Å². The van der Waals surface area contributed by atoms with Crippen LogP contribution >= 0.6 is 0 Å². The van der Waals surface area contributed by atoms with Crippen molar-refractivity contribution >= 4 is 5.97 Å². The van der Waals surface area contributed by atoms with Crippen molar-refractivity contribution in [3.05, 3.63) is 101 Å². The Labute approximate surface area is 153 Å². The third kappa shape index (κ3) is 2.15. The number of esters is 1. The maximum absolute atomic E-state index is 13.2. The maximum Gasteiger partial charge on any atom is 0.315 e. The zero-order chi connectivity index (χ0) is 17.7. The molecule has 26 heavy (non-hydrogen) atoms. The van der Waals surface area contributed by atoms with Crippen LogP contribution in [0.4, 0.5) is 0 Å². The molecule has 2 nitrogen and oxygen atoms in total. The van der Waals surface area contributed by atoms with Crippen LogP contribution in [0.2, 0.25) is 0 Å². The van der Waals surface area contributed by atoms with E-state index in [0.29, 0.717) is 5.75 Å². The van der Waals surface area contributed by atoms with Gasteiger partial charge in [0.15, 0.2) is 0 Å². The number of fused-ring (bicyclic) bond motifs is 1. The number of para-hydroxylation sites is 1. The lowest BCUT2D eigenvalue weighted by Gasteiger charge is -2.48. The van der Waals surface area contributed by atoms with Gasteiger partial charge in [-0.3, -0.25) is 4.79 Å². The number of carbonyl (C=O) groups excluding carboxylic acids is 1. The molecule has 0 radical (unpaired) electrons. The summed E-state index contributed by atoms with van der Waals surface area (Å²) in [4.78, 5) is 13.2. The summed E-state index contributed by atoms with van der Waals surface area (Å²) in [5.41, 5.74) is 5.30. The Morgan fingerprint density at radius 1 is 0.692 bits per heavy atom. The highest BCUT2D eigenvalue weighted by molar-refractivity contribution is 5.80. The highest BCUT2D eigenvalue weighted by Gasteiger charge is 2.51. The van der Waals surface area contributed by atoms with Crippen molar-refractivity contribution in [1.29, 1.82) is 0 Å². The first-order valence-electron chi connectivity index (χ1n) is 9.20. The summed E-state index contributed by atoms with van der Waals surface area (Å²) < 4.78 is 5.77. The summed E-state index contributed by atoms with van der Waals surface area (Å²) in [5, 5.41) is 0. The van der Waals surface area contributed by atoms with Crippen molar-refractivity contribution in [3.63, 3.8) is 0 Å². The zero-order valence-corrected chi connectivity index (χ0v) is 14.6. The van der Waals surface area contributed by atoms with Crippen LogP contribution in [0.1, 0.15) is 41.0 Å². The van der Waals surface area contributed by atoms with E-state index in [1.807, 2.05) is 30.3 Å². The molecule has 0 spiro atoms. The zero-order valence-electron chi connectivity index (χ0n) is 14.6. The third-order valence-electron chi connectivity index (χ3n) is 6.02. The Kier molecular flexibility index (Phi) is 3.46. The van der Waals surface area contributed by atoms with Crippen LogP contribution in [0.15, 0.2) is 78.9 Å². The molecule has 2 unspecified atom stereocenters. The molecule has 2 atom stereocenters. The van der Waals surface area contributed by atoms with Crippen molar-refractivity contribution in [2.45, 2.75) is 18.8 Å². The van der Waals surface area contributed by atoms with E-state index in [1.54, 1.807) is 0 Å². The van der Waals surface area contributed by atoms with Crippen LogP contribution < -0.4 is 4.74 Å². The van der Waals surface area contributed by atoms with Gasteiger partial charge in [0.25, 0.3) is 0 Å². The molecule has 0 aliphatic heterocycles. The molecule has 0 saturated carbocycles.